The van der Waals surface area contributed by atoms with Crippen LogP contribution in [0.1, 0.15) is 75.7 Å². The van der Waals surface area contributed by atoms with Gasteiger partial charge in [-0.25, -0.2) is 4.39 Å². The van der Waals surface area contributed by atoms with E-state index in [1.54, 1.807) is 0 Å². The van der Waals surface area contributed by atoms with E-state index in [4.69, 9.17) is 11.6 Å². The Hall–Kier alpha value is -2.88. The number of amides is 2. The molecule has 0 radical (unpaired) electrons. The number of nitrogens with one attached hydrogen (secondary N) is 1. The number of nitrogens with zero attached hydrogens (tertiary/aromatic N) is 4. The van der Waals surface area contributed by atoms with Crippen molar-refractivity contribution in [1.29, 1.82) is 0 Å². The smallest absolute Gasteiger partial charge is 0.256 e. The van der Waals surface area contributed by atoms with Gasteiger partial charge in [0, 0.05) is 30.6 Å². The zero-order chi connectivity index (χ0) is 27.0. The molecule has 3 aliphatic rings. The Kier molecular flexibility index (Phi) is 7.39. The van der Waals surface area contributed by atoms with Crippen molar-refractivity contribution in [2.45, 2.75) is 51.1 Å². The number of hydrogen-bond donors (Lipinski definition) is 1. The van der Waals surface area contributed by atoms with Crippen LogP contribution in [0, 0.1) is 11.2 Å². The second-order valence-corrected chi connectivity index (χ2v) is 12.1. The summed E-state index contributed by atoms with van der Waals surface area (Å²) in [6.07, 6.45) is 5.85. The Morgan fingerprint density at radius 3 is 2.59 bits per heavy atom. The van der Waals surface area contributed by atoms with E-state index < -0.39 is 11.7 Å². The van der Waals surface area contributed by atoms with E-state index in [2.05, 4.69) is 19.8 Å². The minimum absolute atomic E-state index is 0.0373. The van der Waals surface area contributed by atoms with E-state index in [1.165, 1.54) is 29.7 Å². The summed E-state index contributed by atoms with van der Waals surface area (Å²) in [5.74, 6) is -1.15. The van der Waals surface area contributed by atoms with Gasteiger partial charge in [0.05, 0.1) is 22.3 Å². The molecular weight excluding hydrogens is 537 g/mol. The largest absolute Gasteiger partial charge is 0.345 e. The third-order valence-corrected chi connectivity index (χ3v) is 9.65. The molecule has 1 N–H and O–H groups in total. The summed E-state index contributed by atoms with van der Waals surface area (Å²) in [5.41, 5.74) is 3.89. The van der Waals surface area contributed by atoms with E-state index in [0.29, 0.717) is 17.4 Å². The first-order valence-corrected chi connectivity index (χ1v) is 14.8. The van der Waals surface area contributed by atoms with Crippen LogP contribution in [0.25, 0.3) is 0 Å². The Labute approximate surface area is 236 Å². The molecule has 1 aromatic heterocycles. The molecule has 2 aliphatic heterocycles. The Balaban J connectivity index is 1.07. The minimum Gasteiger partial charge on any atom is -0.345 e. The third-order valence-electron chi connectivity index (χ3n) is 8.78. The number of fused-ring (bicyclic) bond motifs is 1. The first kappa shape index (κ1) is 26.3. The first-order chi connectivity index (χ1) is 18.9. The van der Waals surface area contributed by atoms with E-state index in [1.807, 2.05) is 28.5 Å². The van der Waals surface area contributed by atoms with Gasteiger partial charge in [-0.1, -0.05) is 28.2 Å². The lowest BCUT2D eigenvalue weighted by Crippen LogP contribution is -2.48. The lowest BCUT2D eigenvalue weighted by atomic mass is 9.71. The number of carbonyl (C=O) groups is 2. The summed E-state index contributed by atoms with van der Waals surface area (Å²) in [6.45, 7) is 4.50. The highest BCUT2D eigenvalue weighted by Crippen LogP contribution is 2.42. The van der Waals surface area contributed by atoms with Crippen molar-refractivity contribution in [1.82, 2.24) is 24.7 Å². The van der Waals surface area contributed by atoms with Crippen molar-refractivity contribution in [2.24, 2.45) is 5.41 Å². The average Bonchev–Trinajstić information content (AvgIpc) is 3.60. The fourth-order valence-electron chi connectivity index (χ4n) is 6.36. The van der Waals surface area contributed by atoms with Gasteiger partial charge in [-0.15, -0.1) is 5.10 Å². The van der Waals surface area contributed by atoms with Gasteiger partial charge >= 0.3 is 0 Å². The molecule has 39 heavy (non-hydrogen) atoms. The van der Waals surface area contributed by atoms with Gasteiger partial charge in [0.15, 0.2) is 0 Å². The van der Waals surface area contributed by atoms with Gasteiger partial charge in [-0.3, -0.25) is 14.5 Å². The molecule has 204 valence electrons. The lowest BCUT2D eigenvalue weighted by molar-refractivity contribution is 0.0282. The maximum absolute atomic E-state index is 14.3. The van der Waals surface area contributed by atoms with Gasteiger partial charge in [-0.05, 0) is 104 Å². The molecule has 1 unspecified atom stereocenters. The first-order valence-electron chi connectivity index (χ1n) is 13.6. The highest BCUT2D eigenvalue weighted by Gasteiger charge is 2.39. The topological polar surface area (TPSA) is 78.4 Å². The van der Waals surface area contributed by atoms with Crippen LogP contribution >= 0.6 is 23.1 Å². The van der Waals surface area contributed by atoms with E-state index >= 15 is 0 Å². The van der Waals surface area contributed by atoms with Gasteiger partial charge < -0.3 is 10.2 Å². The van der Waals surface area contributed by atoms with Crippen LogP contribution in [0.2, 0.25) is 5.02 Å². The number of aromatic nitrogens is 2. The summed E-state index contributed by atoms with van der Waals surface area (Å²) in [6, 6.07) is 9.72. The molecule has 6 rings (SSSR count). The molecule has 0 bridgehead atoms. The van der Waals surface area contributed by atoms with E-state index in [-0.39, 0.29) is 22.5 Å². The predicted octanol–water partition coefficient (Wildman–Crippen LogP) is 5.27. The predicted molar refractivity (Wildman–Crippen MR) is 148 cm³/mol. The van der Waals surface area contributed by atoms with Crippen molar-refractivity contribution >= 4 is 34.9 Å². The lowest BCUT2D eigenvalue weighted by Gasteiger charge is -2.46. The van der Waals surface area contributed by atoms with Crippen molar-refractivity contribution in [3.8, 4) is 0 Å². The van der Waals surface area contributed by atoms with Gasteiger partial charge in [-0.2, -0.15) is 0 Å². The maximum Gasteiger partial charge on any atom is 0.256 e. The molecule has 2 amide bonds. The zero-order valence-electron chi connectivity index (χ0n) is 21.7. The van der Waals surface area contributed by atoms with Crippen LogP contribution in [0.15, 0.2) is 41.8 Å². The standard InChI is InChI=1S/C29H31ClFN5O2S/c30-23-2-1-3-24(31)26(23)27(37)32-25-7-6-19-4-5-20(16-22(19)25)28(38)36-14-10-29(11-15-36)8-12-35(13-9-29)17-21-18-39-34-33-21/h1-5,16,18,25H,6-15,17H2,(H,32,37). The Morgan fingerprint density at radius 1 is 1.10 bits per heavy atom. The van der Waals surface area contributed by atoms with Crippen LogP contribution in [0.3, 0.4) is 0 Å². The monoisotopic (exact) mass is 567 g/mol. The number of halogens is 2. The molecule has 3 aromatic rings. The molecule has 1 aliphatic carbocycles. The number of rotatable bonds is 5. The summed E-state index contributed by atoms with van der Waals surface area (Å²) < 4.78 is 18.2. The van der Waals surface area contributed by atoms with Gasteiger partial charge in [0.1, 0.15) is 5.82 Å². The number of carbonyl (C=O) groups excluding carboxylic acids is 2. The minimum atomic E-state index is -0.646. The third kappa shape index (κ3) is 5.44. The average molecular weight is 568 g/mol. The Bertz CT molecular complexity index is 1350. The molecule has 1 spiro atoms. The fraction of sp³-hybridized carbons (Fsp3) is 0.448. The molecule has 2 saturated heterocycles. The number of aryl methyl sites for hydroxylation is 1. The second-order valence-electron chi connectivity index (χ2n) is 11.0. The summed E-state index contributed by atoms with van der Waals surface area (Å²) in [5, 5.41) is 9.21. The molecule has 0 saturated carbocycles. The van der Waals surface area contributed by atoms with Crippen LogP contribution in [-0.2, 0) is 13.0 Å². The SMILES string of the molecule is O=C(NC1CCc2ccc(C(=O)N3CCC4(CCN(Cc5csnn5)CC4)CC3)cc21)c1c(F)cccc1Cl. The van der Waals surface area contributed by atoms with Gasteiger partial charge in [0.25, 0.3) is 11.8 Å². The molecule has 2 aromatic carbocycles. The fourth-order valence-corrected chi connectivity index (χ4v) is 7.06. The molecule has 2 fully saturated rings. The molecular formula is C29H31ClFN5O2S. The van der Waals surface area contributed by atoms with Gasteiger partial charge in [0.2, 0.25) is 0 Å². The summed E-state index contributed by atoms with van der Waals surface area (Å²) >= 11 is 7.49. The summed E-state index contributed by atoms with van der Waals surface area (Å²) in [4.78, 5) is 30.8. The molecule has 10 heteroatoms. The summed E-state index contributed by atoms with van der Waals surface area (Å²) in [7, 11) is 0. The van der Waals surface area contributed by atoms with Crippen molar-refractivity contribution in [3.63, 3.8) is 0 Å². The highest BCUT2D eigenvalue weighted by molar-refractivity contribution is 7.03. The molecule has 7 nitrogen and oxygen atoms in total. The maximum atomic E-state index is 14.3. The van der Waals surface area contributed by atoms with Crippen molar-refractivity contribution in [2.75, 3.05) is 26.2 Å². The van der Waals surface area contributed by atoms with Crippen LogP contribution in [0.5, 0.6) is 0 Å². The van der Waals surface area contributed by atoms with E-state index in [9.17, 15) is 14.0 Å². The van der Waals surface area contributed by atoms with Crippen molar-refractivity contribution in [3.05, 3.63) is 80.6 Å². The highest BCUT2D eigenvalue weighted by atomic mass is 35.5. The van der Waals surface area contributed by atoms with E-state index in [0.717, 1.165) is 81.6 Å². The molecule has 1 atom stereocenters. The van der Waals surface area contributed by atoms with Crippen LogP contribution in [0.4, 0.5) is 4.39 Å². The quantitative estimate of drug-likeness (QED) is 0.455. The van der Waals surface area contributed by atoms with Crippen molar-refractivity contribution < 1.29 is 14.0 Å². The number of piperidine rings is 2. The molecule has 3 heterocycles. The van der Waals surface area contributed by atoms with Crippen LogP contribution in [-0.4, -0.2) is 57.4 Å². The number of hydrogen-bond acceptors (Lipinski definition) is 6. The number of benzene rings is 2. The Morgan fingerprint density at radius 2 is 1.87 bits per heavy atom. The normalized spacial score (nSPS) is 20.7. The number of likely N-dealkylation sites (tertiary alicyclic amines) is 2. The van der Waals surface area contributed by atoms with Crippen LogP contribution < -0.4 is 5.32 Å². The second kappa shape index (κ2) is 10.9. The zero-order valence-corrected chi connectivity index (χ0v) is 23.2.